The Morgan fingerprint density at radius 2 is 2.11 bits per heavy atom. The van der Waals surface area contributed by atoms with E-state index >= 15 is 0 Å². The molecule has 18 heavy (non-hydrogen) atoms. The molecule has 4 heteroatoms. The number of nitrogens with zero attached hydrogens (tertiary/aromatic N) is 1. The molecule has 0 fully saturated rings. The minimum absolute atomic E-state index is 0.138. The molecule has 1 aromatic heterocycles. The summed E-state index contributed by atoms with van der Waals surface area (Å²) >= 11 is 0. The largest absolute Gasteiger partial charge is 0.472 e. The number of hydrogen-bond donors (Lipinski definition) is 1. The summed E-state index contributed by atoms with van der Waals surface area (Å²) in [5.41, 5.74) is 7.45. The predicted molar refractivity (Wildman–Crippen MR) is 68.4 cm³/mol. The predicted octanol–water partition coefficient (Wildman–Crippen LogP) is 2.55. The van der Waals surface area contributed by atoms with Gasteiger partial charge in [0.25, 0.3) is 0 Å². The highest BCUT2D eigenvalue weighted by Gasteiger charge is 2.18. The molecule has 1 unspecified atom stereocenters. The molecule has 2 rings (SSSR count). The van der Waals surface area contributed by atoms with Gasteiger partial charge in [-0.15, -0.1) is 0 Å². The first kappa shape index (κ1) is 12.8. The molecule has 1 aromatic carbocycles. The van der Waals surface area contributed by atoms with E-state index in [1.54, 1.807) is 24.7 Å². The number of halogens is 1. The maximum atomic E-state index is 13.8. The van der Waals surface area contributed by atoms with Crippen LogP contribution in [0.4, 0.5) is 4.39 Å². The number of benzene rings is 1. The summed E-state index contributed by atoms with van der Waals surface area (Å²) in [6.45, 7) is 1.04. The highest BCUT2D eigenvalue weighted by atomic mass is 19.1. The van der Waals surface area contributed by atoms with Crippen LogP contribution in [0, 0.1) is 5.82 Å². The van der Waals surface area contributed by atoms with E-state index in [0.717, 1.165) is 5.56 Å². The summed E-state index contributed by atoms with van der Waals surface area (Å²) in [5, 5.41) is 0. The topological polar surface area (TPSA) is 42.4 Å². The molecular formula is C14H17FN2O. The van der Waals surface area contributed by atoms with Crippen LogP contribution in [-0.4, -0.2) is 18.5 Å². The van der Waals surface area contributed by atoms with Crippen LogP contribution in [0.5, 0.6) is 0 Å². The molecule has 0 saturated heterocycles. The van der Waals surface area contributed by atoms with Gasteiger partial charge >= 0.3 is 0 Å². The normalized spacial score (nSPS) is 12.9. The maximum absolute atomic E-state index is 13.8. The Labute approximate surface area is 106 Å². The molecule has 0 aliphatic heterocycles. The Morgan fingerprint density at radius 1 is 1.33 bits per heavy atom. The maximum Gasteiger partial charge on any atom is 0.128 e. The lowest BCUT2D eigenvalue weighted by Crippen LogP contribution is -2.30. The monoisotopic (exact) mass is 248 g/mol. The number of nitrogens with two attached hydrogens (primary N) is 1. The van der Waals surface area contributed by atoms with Crippen molar-refractivity contribution in [2.75, 3.05) is 13.6 Å². The van der Waals surface area contributed by atoms with Crippen LogP contribution >= 0.6 is 0 Å². The molecule has 0 radical (unpaired) electrons. The van der Waals surface area contributed by atoms with E-state index in [1.165, 1.54) is 6.07 Å². The molecule has 0 saturated carbocycles. The molecular weight excluding hydrogens is 231 g/mol. The summed E-state index contributed by atoms with van der Waals surface area (Å²) in [6.07, 6.45) is 3.31. The highest BCUT2D eigenvalue weighted by Crippen LogP contribution is 2.22. The van der Waals surface area contributed by atoms with Crippen LogP contribution in [0.1, 0.15) is 17.2 Å². The van der Waals surface area contributed by atoms with Gasteiger partial charge in [0.1, 0.15) is 5.82 Å². The second kappa shape index (κ2) is 5.80. The van der Waals surface area contributed by atoms with Gasteiger partial charge in [-0.2, -0.15) is 0 Å². The SMILES string of the molecule is CN(Cc1ccoc1)C(CN)c1ccccc1F. The van der Waals surface area contributed by atoms with E-state index in [-0.39, 0.29) is 11.9 Å². The minimum Gasteiger partial charge on any atom is -0.472 e. The fourth-order valence-electron chi connectivity index (χ4n) is 2.07. The summed E-state index contributed by atoms with van der Waals surface area (Å²) in [4.78, 5) is 2.02. The van der Waals surface area contributed by atoms with Gasteiger partial charge in [0, 0.05) is 30.3 Å². The number of hydrogen-bond acceptors (Lipinski definition) is 3. The quantitative estimate of drug-likeness (QED) is 0.884. The Bertz CT molecular complexity index is 484. The van der Waals surface area contributed by atoms with Crippen molar-refractivity contribution in [2.45, 2.75) is 12.6 Å². The number of rotatable bonds is 5. The molecule has 0 spiro atoms. The standard InChI is InChI=1S/C14H17FN2O/c1-17(9-11-6-7-18-10-11)14(8-16)12-4-2-3-5-13(12)15/h2-7,10,14H,8-9,16H2,1H3. The van der Waals surface area contributed by atoms with E-state index in [1.807, 2.05) is 24.1 Å². The third-order valence-electron chi connectivity index (χ3n) is 3.03. The lowest BCUT2D eigenvalue weighted by molar-refractivity contribution is 0.236. The second-order valence-electron chi connectivity index (χ2n) is 4.32. The zero-order valence-electron chi connectivity index (χ0n) is 10.3. The first-order valence-corrected chi connectivity index (χ1v) is 5.88. The van der Waals surface area contributed by atoms with Crippen molar-refractivity contribution in [3.63, 3.8) is 0 Å². The van der Waals surface area contributed by atoms with Crippen LogP contribution in [0.3, 0.4) is 0 Å². The lowest BCUT2D eigenvalue weighted by atomic mass is 10.0. The summed E-state index contributed by atoms with van der Waals surface area (Å²) in [5.74, 6) is -0.216. The van der Waals surface area contributed by atoms with Crippen LogP contribution in [0.2, 0.25) is 0 Å². The Kier molecular flexibility index (Phi) is 4.12. The van der Waals surface area contributed by atoms with Gasteiger partial charge in [-0.05, 0) is 19.2 Å². The molecule has 0 aliphatic carbocycles. The van der Waals surface area contributed by atoms with Crippen molar-refractivity contribution < 1.29 is 8.81 Å². The molecule has 0 aliphatic rings. The van der Waals surface area contributed by atoms with Crippen LogP contribution in [0.15, 0.2) is 47.3 Å². The average Bonchev–Trinajstić information content (AvgIpc) is 2.85. The van der Waals surface area contributed by atoms with Crippen molar-refractivity contribution in [2.24, 2.45) is 5.73 Å². The third-order valence-corrected chi connectivity index (χ3v) is 3.03. The van der Waals surface area contributed by atoms with Crippen molar-refractivity contribution in [1.29, 1.82) is 0 Å². The van der Waals surface area contributed by atoms with Gasteiger partial charge in [-0.3, -0.25) is 4.90 Å². The lowest BCUT2D eigenvalue weighted by Gasteiger charge is -2.27. The molecule has 1 heterocycles. The van der Waals surface area contributed by atoms with Gasteiger partial charge < -0.3 is 10.2 Å². The van der Waals surface area contributed by atoms with Crippen LogP contribution in [0.25, 0.3) is 0 Å². The molecule has 3 nitrogen and oxygen atoms in total. The van der Waals surface area contributed by atoms with Gasteiger partial charge in [-0.1, -0.05) is 18.2 Å². The fourth-order valence-corrected chi connectivity index (χ4v) is 2.07. The second-order valence-corrected chi connectivity index (χ2v) is 4.32. The van der Waals surface area contributed by atoms with E-state index < -0.39 is 0 Å². The van der Waals surface area contributed by atoms with Crippen LogP contribution in [-0.2, 0) is 6.54 Å². The Balaban J connectivity index is 2.16. The molecule has 0 amide bonds. The Hall–Kier alpha value is -1.65. The van der Waals surface area contributed by atoms with E-state index in [4.69, 9.17) is 10.2 Å². The summed E-state index contributed by atoms with van der Waals surface area (Å²) in [6, 6.07) is 8.50. The molecule has 1 atom stereocenters. The zero-order valence-corrected chi connectivity index (χ0v) is 10.3. The number of likely N-dealkylation sites (N-methyl/N-ethyl adjacent to an activating group) is 1. The summed E-state index contributed by atoms with van der Waals surface area (Å²) in [7, 11) is 1.93. The van der Waals surface area contributed by atoms with Crippen molar-refractivity contribution >= 4 is 0 Å². The van der Waals surface area contributed by atoms with Gasteiger partial charge in [0.05, 0.1) is 12.5 Å². The Morgan fingerprint density at radius 3 is 2.72 bits per heavy atom. The van der Waals surface area contributed by atoms with E-state index in [2.05, 4.69) is 0 Å². The molecule has 2 aromatic rings. The zero-order chi connectivity index (χ0) is 13.0. The number of furan rings is 1. The molecule has 2 N–H and O–H groups in total. The van der Waals surface area contributed by atoms with Crippen molar-refractivity contribution in [3.05, 3.63) is 59.8 Å². The van der Waals surface area contributed by atoms with Gasteiger partial charge in [0.15, 0.2) is 0 Å². The van der Waals surface area contributed by atoms with Gasteiger partial charge in [0.2, 0.25) is 0 Å². The summed E-state index contributed by atoms with van der Waals surface area (Å²) < 4.78 is 18.8. The first-order valence-electron chi connectivity index (χ1n) is 5.88. The third kappa shape index (κ3) is 2.78. The highest BCUT2D eigenvalue weighted by molar-refractivity contribution is 5.22. The van der Waals surface area contributed by atoms with Crippen LogP contribution < -0.4 is 5.73 Å². The van der Waals surface area contributed by atoms with Crippen molar-refractivity contribution in [3.8, 4) is 0 Å². The fraction of sp³-hybridized carbons (Fsp3) is 0.286. The molecule has 0 bridgehead atoms. The first-order chi connectivity index (χ1) is 8.72. The van der Waals surface area contributed by atoms with Crippen molar-refractivity contribution in [1.82, 2.24) is 4.90 Å². The molecule has 96 valence electrons. The van der Waals surface area contributed by atoms with Gasteiger partial charge in [-0.25, -0.2) is 4.39 Å². The minimum atomic E-state index is -0.216. The smallest absolute Gasteiger partial charge is 0.128 e. The average molecular weight is 248 g/mol. The van der Waals surface area contributed by atoms with E-state index in [9.17, 15) is 4.39 Å². The van der Waals surface area contributed by atoms with E-state index in [0.29, 0.717) is 18.7 Å².